The van der Waals surface area contributed by atoms with Crippen LogP contribution in [-0.4, -0.2) is 44.3 Å². The molecule has 1 heterocycles. The molecule has 8 nitrogen and oxygen atoms in total. The quantitative estimate of drug-likeness (QED) is 0.368. The van der Waals surface area contributed by atoms with Crippen molar-refractivity contribution in [2.24, 2.45) is 5.41 Å². The van der Waals surface area contributed by atoms with Gasteiger partial charge in [-0.3, -0.25) is 10.1 Å². The molecule has 1 aliphatic heterocycles. The predicted molar refractivity (Wildman–Crippen MR) is 89.0 cm³/mol. The molecular weight excluding hydrogens is 315 g/mol. The second kappa shape index (κ2) is 7.63. The summed E-state index contributed by atoms with van der Waals surface area (Å²) in [7, 11) is -0.534. The summed E-state index contributed by atoms with van der Waals surface area (Å²) in [4.78, 5) is 22.7. The number of carbonyl (C=O) groups excluding carboxylic acids is 1. The van der Waals surface area contributed by atoms with Crippen LogP contribution >= 0.6 is 0 Å². The first-order valence-corrected chi connectivity index (χ1v) is 7.75. The second-order valence-corrected chi connectivity index (χ2v) is 6.27. The fourth-order valence-electron chi connectivity index (χ4n) is 2.29. The van der Waals surface area contributed by atoms with Gasteiger partial charge in [0.05, 0.1) is 23.5 Å². The van der Waals surface area contributed by atoms with E-state index in [1.807, 2.05) is 13.8 Å². The highest BCUT2D eigenvalue weighted by molar-refractivity contribution is 6.45. The highest BCUT2D eigenvalue weighted by atomic mass is 16.6. The summed E-state index contributed by atoms with van der Waals surface area (Å²) >= 11 is 0. The Balaban J connectivity index is 2.15. The van der Waals surface area contributed by atoms with Gasteiger partial charge in [0.15, 0.2) is 0 Å². The molecule has 1 aliphatic rings. The number of nitro benzene ring substituents is 1. The van der Waals surface area contributed by atoms with Gasteiger partial charge in [-0.15, -0.1) is 0 Å². The molecule has 0 spiro atoms. The number of esters is 1. The molecule has 1 aromatic rings. The van der Waals surface area contributed by atoms with Crippen LogP contribution in [-0.2, 0) is 14.0 Å². The number of carbonyl (C=O) groups is 1. The lowest BCUT2D eigenvalue weighted by Gasteiger charge is -2.33. The van der Waals surface area contributed by atoms with E-state index in [-0.39, 0.29) is 35.4 Å². The lowest BCUT2D eigenvalue weighted by molar-refractivity contribution is -0.384. The molecule has 0 aliphatic carbocycles. The van der Waals surface area contributed by atoms with Crippen LogP contribution in [0.1, 0.15) is 31.1 Å². The van der Waals surface area contributed by atoms with Crippen LogP contribution in [0.2, 0.25) is 0 Å². The molecule has 0 bridgehead atoms. The van der Waals surface area contributed by atoms with Crippen molar-refractivity contribution in [1.29, 1.82) is 0 Å². The van der Waals surface area contributed by atoms with Crippen molar-refractivity contribution in [3.63, 3.8) is 0 Å². The monoisotopic (exact) mass is 336 g/mol. The molecule has 130 valence electrons. The van der Waals surface area contributed by atoms with Crippen LogP contribution in [0.4, 0.5) is 11.4 Å². The number of hydrogen-bond donors (Lipinski definition) is 1. The zero-order valence-corrected chi connectivity index (χ0v) is 14.0. The maximum atomic E-state index is 12.0. The van der Waals surface area contributed by atoms with Crippen LogP contribution in [0.15, 0.2) is 18.2 Å². The molecule has 1 aromatic carbocycles. The third kappa shape index (κ3) is 4.45. The Morgan fingerprint density at radius 3 is 2.67 bits per heavy atom. The number of nitrogens with zero attached hydrogens (tertiary/aromatic N) is 1. The van der Waals surface area contributed by atoms with Gasteiger partial charge in [0, 0.05) is 24.7 Å². The van der Waals surface area contributed by atoms with E-state index >= 15 is 0 Å². The maximum absolute atomic E-state index is 12.0. The lowest BCUT2D eigenvalue weighted by Crippen LogP contribution is -2.44. The zero-order valence-electron chi connectivity index (χ0n) is 14.0. The third-order valence-electron chi connectivity index (χ3n) is 3.50. The standard InChI is InChI=1S/C15H21BN2O6/c1-4-22-14(19)11-6-5-7-12(18(20)21)13(11)17-10-16-23-8-15(2,3)9-24-16/h5-7,17H,4,8-10H2,1-3H3. The fourth-order valence-corrected chi connectivity index (χ4v) is 2.29. The minimum absolute atomic E-state index is 0.0642. The highest BCUT2D eigenvalue weighted by Gasteiger charge is 2.33. The summed E-state index contributed by atoms with van der Waals surface area (Å²) in [5.74, 6) is -0.615. The molecule has 0 amide bonds. The Labute approximate surface area is 140 Å². The summed E-state index contributed by atoms with van der Waals surface area (Å²) in [6.07, 6.45) is 0.188. The number of nitrogens with one attached hydrogen (secondary N) is 1. The average molecular weight is 336 g/mol. The smallest absolute Gasteiger partial charge is 0.462 e. The lowest BCUT2D eigenvalue weighted by atomic mass is 9.83. The molecule has 0 saturated carbocycles. The van der Waals surface area contributed by atoms with E-state index in [9.17, 15) is 14.9 Å². The predicted octanol–water partition coefficient (Wildman–Crippen LogP) is 2.28. The van der Waals surface area contributed by atoms with E-state index in [4.69, 9.17) is 14.0 Å². The minimum atomic E-state index is -0.615. The first kappa shape index (κ1) is 18.2. The van der Waals surface area contributed by atoms with Gasteiger partial charge in [-0.2, -0.15) is 0 Å². The van der Waals surface area contributed by atoms with E-state index in [1.54, 1.807) is 6.92 Å². The Kier molecular flexibility index (Phi) is 5.79. The van der Waals surface area contributed by atoms with E-state index in [0.717, 1.165) is 0 Å². The van der Waals surface area contributed by atoms with Crippen molar-refractivity contribution >= 4 is 24.5 Å². The van der Waals surface area contributed by atoms with Gasteiger partial charge < -0.3 is 19.4 Å². The molecular formula is C15H21BN2O6. The normalized spacial score (nSPS) is 16.5. The van der Waals surface area contributed by atoms with Crippen LogP contribution in [0.25, 0.3) is 0 Å². The number of ether oxygens (including phenoxy) is 1. The average Bonchev–Trinajstić information content (AvgIpc) is 2.53. The SMILES string of the molecule is CCOC(=O)c1cccc([N+](=O)[O-])c1NCB1OCC(C)(C)CO1. The van der Waals surface area contributed by atoms with Gasteiger partial charge in [0.25, 0.3) is 5.69 Å². The largest absolute Gasteiger partial charge is 0.477 e. The van der Waals surface area contributed by atoms with Gasteiger partial charge in [-0.1, -0.05) is 19.9 Å². The van der Waals surface area contributed by atoms with Crippen molar-refractivity contribution in [3.8, 4) is 0 Å². The van der Waals surface area contributed by atoms with Gasteiger partial charge in [0.1, 0.15) is 5.69 Å². The van der Waals surface area contributed by atoms with Gasteiger partial charge in [0.2, 0.25) is 0 Å². The fraction of sp³-hybridized carbons (Fsp3) is 0.533. The molecule has 2 rings (SSSR count). The van der Waals surface area contributed by atoms with Gasteiger partial charge in [-0.05, 0) is 13.0 Å². The Bertz CT molecular complexity index is 612. The number of hydrogen-bond acceptors (Lipinski definition) is 7. The number of rotatable bonds is 6. The summed E-state index contributed by atoms with van der Waals surface area (Å²) in [5.41, 5.74) is -0.0393. The van der Waals surface area contributed by atoms with E-state index in [1.165, 1.54) is 18.2 Å². The number of para-hydroxylation sites is 1. The summed E-state index contributed by atoms with van der Waals surface area (Å²) in [6.45, 7) is 6.97. The van der Waals surface area contributed by atoms with Crippen molar-refractivity contribution in [2.45, 2.75) is 20.8 Å². The van der Waals surface area contributed by atoms with Crippen molar-refractivity contribution < 1.29 is 23.8 Å². The number of benzene rings is 1. The number of anilines is 1. The molecule has 1 saturated heterocycles. The summed E-state index contributed by atoms with van der Waals surface area (Å²) < 4.78 is 16.1. The molecule has 24 heavy (non-hydrogen) atoms. The van der Waals surface area contributed by atoms with Crippen LogP contribution in [0.5, 0.6) is 0 Å². The van der Waals surface area contributed by atoms with E-state index in [2.05, 4.69) is 5.32 Å². The Morgan fingerprint density at radius 2 is 2.08 bits per heavy atom. The van der Waals surface area contributed by atoms with Crippen molar-refractivity contribution in [3.05, 3.63) is 33.9 Å². The van der Waals surface area contributed by atoms with Gasteiger partial charge in [-0.25, -0.2) is 4.79 Å². The van der Waals surface area contributed by atoms with E-state index in [0.29, 0.717) is 13.2 Å². The van der Waals surface area contributed by atoms with Crippen molar-refractivity contribution in [2.75, 3.05) is 31.6 Å². The summed E-state index contributed by atoms with van der Waals surface area (Å²) in [5, 5.41) is 14.1. The van der Waals surface area contributed by atoms with Crippen LogP contribution in [0, 0.1) is 15.5 Å². The molecule has 9 heteroatoms. The van der Waals surface area contributed by atoms with Crippen LogP contribution in [0.3, 0.4) is 0 Å². The summed E-state index contributed by atoms with van der Waals surface area (Å²) in [6, 6.07) is 4.27. The maximum Gasteiger partial charge on any atom is 0.477 e. The molecule has 0 aromatic heterocycles. The topological polar surface area (TPSA) is 99.9 Å². The minimum Gasteiger partial charge on any atom is -0.462 e. The molecule has 0 radical (unpaired) electrons. The molecule has 0 atom stereocenters. The zero-order chi connectivity index (χ0) is 17.7. The molecule has 0 unspecified atom stereocenters. The van der Waals surface area contributed by atoms with Crippen molar-refractivity contribution in [1.82, 2.24) is 0 Å². The third-order valence-corrected chi connectivity index (χ3v) is 3.50. The Morgan fingerprint density at radius 1 is 1.42 bits per heavy atom. The van der Waals surface area contributed by atoms with E-state index < -0.39 is 18.0 Å². The Hall–Kier alpha value is -2.13. The number of nitro groups is 1. The van der Waals surface area contributed by atoms with Crippen LogP contribution < -0.4 is 5.32 Å². The highest BCUT2D eigenvalue weighted by Crippen LogP contribution is 2.29. The molecule has 1 fully saturated rings. The first-order chi connectivity index (χ1) is 11.3. The second-order valence-electron chi connectivity index (χ2n) is 6.27. The molecule has 1 N–H and O–H groups in total. The first-order valence-electron chi connectivity index (χ1n) is 7.75. The van der Waals surface area contributed by atoms with Gasteiger partial charge >= 0.3 is 13.1 Å².